The minimum Gasteiger partial charge on any atom is -0.494 e. The summed E-state index contributed by atoms with van der Waals surface area (Å²) in [4.78, 5) is 17.6. The number of amides is 1. The van der Waals surface area contributed by atoms with E-state index in [0.29, 0.717) is 43.6 Å². The van der Waals surface area contributed by atoms with Crippen LogP contribution in [0.25, 0.3) is 0 Å². The second kappa shape index (κ2) is 11.8. The van der Waals surface area contributed by atoms with Crippen LogP contribution < -0.4 is 14.4 Å². The first-order valence-corrected chi connectivity index (χ1v) is 13.8. The van der Waals surface area contributed by atoms with Crippen LogP contribution in [0.5, 0.6) is 5.75 Å². The van der Waals surface area contributed by atoms with Crippen LogP contribution in [0.15, 0.2) is 83.8 Å². The number of rotatable bonds is 9. The van der Waals surface area contributed by atoms with Gasteiger partial charge < -0.3 is 14.5 Å². The molecule has 1 N–H and O–H groups in total. The fraction of sp³-hybridized carbons (Fsp3) is 0.296. The van der Waals surface area contributed by atoms with Crippen molar-refractivity contribution in [1.29, 1.82) is 0 Å². The van der Waals surface area contributed by atoms with Gasteiger partial charge in [-0.2, -0.15) is 4.72 Å². The van der Waals surface area contributed by atoms with Gasteiger partial charge in [0.2, 0.25) is 15.9 Å². The lowest BCUT2D eigenvalue weighted by atomic mass is 10.1. The molecule has 0 aliphatic carbocycles. The highest BCUT2D eigenvalue weighted by Crippen LogP contribution is 2.22. The summed E-state index contributed by atoms with van der Waals surface area (Å²) < 4.78 is 34.5. The average Bonchev–Trinajstić information content (AvgIpc) is 2.89. The molecule has 3 aromatic carbocycles. The van der Waals surface area contributed by atoms with E-state index in [0.717, 1.165) is 11.3 Å². The number of anilines is 1. The first-order valence-electron chi connectivity index (χ1n) is 11.9. The van der Waals surface area contributed by atoms with E-state index in [1.807, 2.05) is 61.5 Å². The molecule has 3 aromatic rings. The van der Waals surface area contributed by atoms with Gasteiger partial charge in [-0.1, -0.05) is 48.0 Å². The number of halogens is 1. The molecule has 1 aliphatic heterocycles. The third-order valence-corrected chi connectivity index (χ3v) is 7.81. The van der Waals surface area contributed by atoms with Crippen LogP contribution in [0.1, 0.15) is 12.5 Å². The third-order valence-electron chi connectivity index (χ3n) is 6.09. The molecule has 1 atom stereocenters. The average molecular weight is 528 g/mol. The standard InChI is InChI=1S/C27H30ClN3O4S/c1-2-35-24-11-13-25(14-12-24)36(33,34)29-26(19-21-7-4-3-5-8-21)27(32)31-17-15-30(16-18-31)23-10-6-9-22(28)20-23/h3-14,20,26,29H,2,15-19H2,1H3/t26-/m1/s1. The zero-order chi connectivity index (χ0) is 25.5. The molecule has 7 nitrogen and oxygen atoms in total. The van der Waals surface area contributed by atoms with Crippen LogP contribution in [-0.4, -0.2) is 58.1 Å². The highest BCUT2D eigenvalue weighted by Gasteiger charge is 2.31. The largest absolute Gasteiger partial charge is 0.494 e. The van der Waals surface area contributed by atoms with Gasteiger partial charge in [-0.3, -0.25) is 4.79 Å². The van der Waals surface area contributed by atoms with Gasteiger partial charge in [0.1, 0.15) is 11.8 Å². The molecular weight excluding hydrogens is 498 g/mol. The number of carbonyl (C=O) groups is 1. The molecule has 0 aromatic heterocycles. The summed E-state index contributed by atoms with van der Waals surface area (Å²) >= 11 is 6.13. The quantitative estimate of drug-likeness (QED) is 0.455. The molecule has 1 saturated heterocycles. The zero-order valence-electron chi connectivity index (χ0n) is 20.1. The summed E-state index contributed by atoms with van der Waals surface area (Å²) in [5.74, 6) is 0.352. The number of benzene rings is 3. The van der Waals surface area contributed by atoms with Gasteiger partial charge >= 0.3 is 0 Å². The van der Waals surface area contributed by atoms with E-state index in [2.05, 4.69) is 9.62 Å². The highest BCUT2D eigenvalue weighted by molar-refractivity contribution is 7.89. The minimum absolute atomic E-state index is 0.0857. The molecule has 9 heteroatoms. The van der Waals surface area contributed by atoms with E-state index >= 15 is 0 Å². The van der Waals surface area contributed by atoms with Crippen molar-refractivity contribution in [3.05, 3.63) is 89.4 Å². The van der Waals surface area contributed by atoms with Crippen molar-refractivity contribution in [3.63, 3.8) is 0 Å². The Kier molecular flexibility index (Phi) is 8.51. The molecule has 0 saturated carbocycles. The summed E-state index contributed by atoms with van der Waals surface area (Å²) in [5.41, 5.74) is 1.88. The molecule has 0 radical (unpaired) electrons. The number of nitrogens with one attached hydrogen (secondary N) is 1. The Balaban J connectivity index is 1.49. The molecule has 1 aliphatic rings. The zero-order valence-corrected chi connectivity index (χ0v) is 21.7. The van der Waals surface area contributed by atoms with Gasteiger partial charge in [0.15, 0.2) is 0 Å². The maximum absolute atomic E-state index is 13.6. The van der Waals surface area contributed by atoms with Crippen LogP contribution in [-0.2, 0) is 21.2 Å². The number of ether oxygens (including phenoxy) is 1. The van der Waals surface area contributed by atoms with Crippen molar-refractivity contribution < 1.29 is 17.9 Å². The van der Waals surface area contributed by atoms with Crippen LogP contribution >= 0.6 is 11.6 Å². The Morgan fingerprint density at radius 3 is 2.31 bits per heavy atom. The van der Waals surface area contributed by atoms with Crippen LogP contribution in [0.3, 0.4) is 0 Å². The van der Waals surface area contributed by atoms with E-state index in [-0.39, 0.29) is 17.2 Å². The summed E-state index contributed by atoms with van der Waals surface area (Å²) in [7, 11) is -3.93. The van der Waals surface area contributed by atoms with Gasteiger partial charge in [-0.05, 0) is 61.4 Å². The lowest BCUT2D eigenvalue weighted by Gasteiger charge is -2.37. The maximum atomic E-state index is 13.6. The molecule has 0 unspecified atom stereocenters. The SMILES string of the molecule is CCOc1ccc(S(=O)(=O)N[C@H](Cc2ccccc2)C(=O)N2CCN(c3cccc(Cl)c3)CC2)cc1. The van der Waals surface area contributed by atoms with Crippen LogP contribution in [0.2, 0.25) is 5.02 Å². The fourth-order valence-corrected chi connectivity index (χ4v) is 5.62. The molecule has 4 rings (SSSR count). The second-order valence-electron chi connectivity index (χ2n) is 8.56. The van der Waals surface area contributed by atoms with Gasteiger partial charge in [0, 0.05) is 36.9 Å². The number of hydrogen-bond donors (Lipinski definition) is 1. The Morgan fingerprint density at radius 1 is 0.972 bits per heavy atom. The fourth-order valence-electron chi connectivity index (χ4n) is 4.24. The number of sulfonamides is 1. The molecule has 0 bridgehead atoms. The summed E-state index contributed by atoms with van der Waals surface area (Å²) in [6.07, 6.45) is 0.254. The summed E-state index contributed by atoms with van der Waals surface area (Å²) in [5, 5.41) is 0.664. The first-order chi connectivity index (χ1) is 17.4. The smallest absolute Gasteiger partial charge is 0.241 e. The van der Waals surface area contributed by atoms with Crippen molar-refractivity contribution in [2.45, 2.75) is 24.3 Å². The lowest BCUT2D eigenvalue weighted by Crippen LogP contribution is -2.55. The maximum Gasteiger partial charge on any atom is 0.241 e. The van der Waals surface area contributed by atoms with Crippen molar-refractivity contribution in [1.82, 2.24) is 9.62 Å². The summed E-state index contributed by atoms with van der Waals surface area (Å²) in [6.45, 7) is 4.60. The molecule has 190 valence electrons. The van der Waals surface area contributed by atoms with Gasteiger partial charge in [-0.15, -0.1) is 0 Å². The predicted octanol–water partition coefficient (Wildman–Crippen LogP) is 3.98. The molecule has 36 heavy (non-hydrogen) atoms. The number of carbonyl (C=O) groups excluding carboxylic acids is 1. The molecular formula is C27H30ClN3O4S. The second-order valence-corrected chi connectivity index (χ2v) is 10.7. The number of nitrogens with zero attached hydrogens (tertiary/aromatic N) is 2. The summed E-state index contributed by atoms with van der Waals surface area (Å²) in [6, 6.07) is 22.3. The normalized spacial score (nSPS) is 14.9. The molecule has 0 spiro atoms. The van der Waals surface area contributed by atoms with E-state index in [4.69, 9.17) is 16.3 Å². The van der Waals surface area contributed by atoms with E-state index < -0.39 is 16.1 Å². The van der Waals surface area contributed by atoms with Crippen molar-refractivity contribution in [2.24, 2.45) is 0 Å². The molecule has 1 fully saturated rings. The number of hydrogen-bond acceptors (Lipinski definition) is 5. The van der Waals surface area contributed by atoms with Crippen LogP contribution in [0.4, 0.5) is 5.69 Å². The number of piperazine rings is 1. The van der Waals surface area contributed by atoms with Gasteiger partial charge in [-0.25, -0.2) is 8.42 Å². The van der Waals surface area contributed by atoms with E-state index in [9.17, 15) is 13.2 Å². The minimum atomic E-state index is -3.93. The highest BCUT2D eigenvalue weighted by atomic mass is 35.5. The van der Waals surface area contributed by atoms with Crippen molar-refractivity contribution in [2.75, 3.05) is 37.7 Å². The topological polar surface area (TPSA) is 78.9 Å². The Bertz CT molecular complexity index is 1260. The Morgan fingerprint density at radius 2 is 1.67 bits per heavy atom. The van der Waals surface area contributed by atoms with Crippen molar-refractivity contribution >= 4 is 33.2 Å². The van der Waals surface area contributed by atoms with Gasteiger partial charge in [0.05, 0.1) is 11.5 Å². The van der Waals surface area contributed by atoms with E-state index in [1.54, 1.807) is 17.0 Å². The lowest BCUT2D eigenvalue weighted by molar-refractivity contribution is -0.133. The Hall–Kier alpha value is -3.07. The molecule has 1 heterocycles. The monoisotopic (exact) mass is 527 g/mol. The third kappa shape index (κ3) is 6.57. The molecule has 1 amide bonds. The van der Waals surface area contributed by atoms with E-state index in [1.165, 1.54) is 12.1 Å². The first kappa shape index (κ1) is 26.0. The Labute approximate surface area is 217 Å². The predicted molar refractivity (Wildman–Crippen MR) is 142 cm³/mol. The van der Waals surface area contributed by atoms with Crippen molar-refractivity contribution in [3.8, 4) is 5.75 Å². The van der Waals surface area contributed by atoms with Gasteiger partial charge in [0.25, 0.3) is 0 Å². The van der Waals surface area contributed by atoms with Crippen LogP contribution in [0, 0.1) is 0 Å².